The third-order valence-corrected chi connectivity index (χ3v) is 3.27. The lowest BCUT2D eigenvalue weighted by atomic mass is 10.1. The van der Waals surface area contributed by atoms with Gasteiger partial charge in [-0.1, -0.05) is 0 Å². The zero-order valence-corrected chi connectivity index (χ0v) is 14.5. The van der Waals surface area contributed by atoms with Crippen LogP contribution in [0, 0.1) is 0 Å². The summed E-state index contributed by atoms with van der Waals surface area (Å²) in [5, 5.41) is 3.93. The number of hydrazone groups is 1. The van der Waals surface area contributed by atoms with Crippen molar-refractivity contribution in [1.29, 1.82) is 0 Å². The molecule has 25 heavy (non-hydrogen) atoms. The zero-order chi connectivity index (χ0) is 18.2. The molecule has 0 aliphatic rings. The topological polar surface area (TPSA) is 82.3 Å². The third-order valence-electron chi connectivity index (χ3n) is 3.27. The summed E-state index contributed by atoms with van der Waals surface area (Å²) >= 11 is 0. The fourth-order valence-electron chi connectivity index (χ4n) is 2.10. The number of hydrogen-bond donors (Lipinski definition) is 1. The average Bonchev–Trinajstić information content (AvgIpc) is 3.12. The van der Waals surface area contributed by atoms with Gasteiger partial charge >= 0.3 is 0 Å². The minimum Gasteiger partial charge on any atom is -0.493 e. The van der Waals surface area contributed by atoms with E-state index in [1.165, 1.54) is 27.5 Å². The second-order valence-corrected chi connectivity index (χ2v) is 5.02. The molecule has 1 aromatic carbocycles. The van der Waals surface area contributed by atoms with Crippen LogP contribution in [0.4, 0.5) is 0 Å². The maximum absolute atomic E-state index is 12.3. The van der Waals surface area contributed by atoms with Gasteiger partial charge in [-0.15, -0.1) is 0 Å². The Hall–Kier alpha value is -3.22. The molecule has 0 spiro atoms. The monoisotopic (exact) mass is 344 g/mol. The fourth-order valence-corrected chi connectivity index (χ4v) is 2.10. The van der Waals surface area contributed by atoms with Crippen LogP contribution in [0.1, 0.15) is 23.0 Å². The van der Waals surface area contributed by atoms with Crippen LogP contribution in [-0.2, 0) is 0 Å². The van der Waals surface area contributed by atoms with Crippen LogP contribution in [0.25, 0.3) is 6.08 Å². The van der Waals surface area contributed by atoms with Crippen molar-refractivity contribution in [3.05, 3.63) is 47.4 Å². The molecule has 0 bridgehead atoms. The van der Waals surface area contributed by atoms with Crippen molar-refractivity contribution >= 4 is 18.2 Å². The van der Waals surface area contributed by atoms with E-state index in [9.17, 15) is 4.79 Å². The highest BCUT2D eigenvalue weighted by Gasteiger charge is 2.16. The van der Waals surface area contributed by atoms with Gasteiger partial charge in [-0.05, 0) is 42.8 Å². The molecule has 0 aliphatic heterocycles. The number of rotatable bonds is 7. The predicted octanol–water partition coefficient (Wildman–Crippen LogP) is 3.12. The minimum atomic E-state index is -0.402. The van der Waals surface area contributed by atoms with Crippen LogP contribution in [0.2, 0.25) is 0 Å². The maximum atomic E-state index is 12.3. The Bertz CT molecular complexity index is 754. The number of nitrogens with one attached hydrogen (secondary N) is 1. The van der Waals surface area contributed by atoms with Gasteiger partial charge in [0.2, 0.25) is 5.75 Å². The highest BCUT2D eigenvalue weighted by atomic mass is 16.5. The molecule has 132 valence electrons. The Labute approximate surface area is 145 Å². The molecule has 7 heteroatoms. The van der Waals surface area contributed by atoms with Crippen molar-refractivity contribution in [1.82, 2.24) is 5.43 Å². The van der Waals surface area contributed by atoms with Crippen molar-refractivity contribution in [2.24, 2.45) is 5.10 Å². The van der Waals surface area contributed by atoms with E-state index in [1.54, 1.807) is 30.5 Å². The van der Waals surface area contributed by atoms with Gasteiger partial charge in [-0.3, -0.25) is 4.79 Å². The molecule has 0 saturated heterocycles. The molecular weight excluding hydrogens is 324 g/mol. The summed E-state index contributed by atoms with van der Waals surface area (Å²) in [7, 11) is 4.47. The van der Waals surface area contributed by atoms with Crippen LogP contribution in [0.3, 0.4) is 0 Å². The Kier molecular flexibility index (Phi) is 6.22. The van der Waals surface area contributed by atoms with Crippen LogP contribution in [0.15, 0.2) is 45.6 Å². The Morgan fingerprint density at radius 1 is 1.16 bits per heavy atom. The Morgan fingerprint density at radius 2 is 1.84 bits per heavy atom. The minimum absolute atomic E-state index is 0.333. The first-order valence-electron chi connectivity index (χ1n) is 7.44. The van der Waals surface area contributed by atoms with Crippen molar-refractivity contribution in [2.45, 2.75) is 6.92 Å². The number of carbonyl (C=O) groups excluding carboxylic acids is 1. The van der Waals surface area contributed by atoms with Crippen molar-refractivity contribution < 1.29 is 23.4 Å². The lowest BCUT2D eigenvalue weighted by molar-refractivity contribution is 0.0954. The highest BCUT2D eigenvalue weighted by Crippen LogP contribution is 2.38. The van der Waals surface area contributed by atoms with Crippen LogP contribution in [-0.4, -0.2) is 33.5 Å². The number of ether oxygens (including phenoxy) is 3. The molecule has 7 nitrogen and oxygen atoms in total. The average molecular weight is 344 g/mol. The van der Waals surface area contributed by atoms with Crippen LogP contribution >= 0.6 is 0 Å². The SMILES string of the molecule is COc1cc(C(=O)NN=C/C(C)=C/c2ccco2)cc(OC)c1OC. The van der Waals surface area contributed by atoms with Crippen LogP contribution < -0.4 is 19.6 Å². The number of carbonyl (C=O) groups is 1. The first-order chi connectivity index (χ1) is 12.1. The molecule has 1 aromatic heterocycles. The van der Waals surface area contributed by atoms with Crippen molar-refractivity contribution in [3.63, 3.8) is 0 Å². The number of benzene rings is 1. The van der Waals surface area contributed by atoms with Crippen molar-refractivity contribution in [3.8, 4) is 17.2 Å². The summed E-state index contributed by atoms with van der Waals surface area (Å²) in [5.74, 6) is 1.51. The summed E-state index contributed by atoms with van der Waals surface area (Å²) in [4.78, 5) is 12.3. The molecular formula is C18H20N2O5. The molecule has 0 unspecified atom stereocenters. The lowest BCUT2D eigenvalue weighted by Gasteiger charge is -2.13. The van der Waals surface area contributed by atoms with Crippen molar-refractivity contribution in [2.75, 3.05) is 21.3 Å². The highest BCUT2D eigenvalue weighted by molar-refractivity contribution is 5.96. The summed E-state index contributed by atoms with van der Waals surface area (Å²) in [6.45, 7) is 1.84. The zero-order valence-electron chi connectivity index (χ0n) is 14.5. The van der Waals surface area contributed by atoms with Gasteiger partial charge in [-0.2, -0.15) is 5.10 Å². The summed E-state index contributed by atoms with van der Waals surface area (Å²) in [5.41, 5.74) is 3.61. The normalized spacial score (nSPS) is 11.4. The molecule has 0 saturated carbocycles. The molecule has 1 heterocycles. The van der Waals surface area contributed by atoms with Gasteiger partial charge in [0.1, 0.15) is 5.76 Å². The number of furan rings is 1. The van der Waals surface area contributed by atoms with E-state index in [2.05, 4.69) is 10.5 Å². The van der Waals surface area contributed by atoms with E-state index in [0.29, 0.717) is 28.6 Å². The lowest BCUT2D eigenvalue weighted by Crippen LogP contribution is -2.18. The second kappa shape index (κ2) is 8.58. The number of amides is 1. The molecule has 0 radical (unpaired) electrons. The predicted molar refractivity (Wildman–Crippen MR) is 94.4 cm³/mol. The Balaban J connectivity index is 2.11. The van der Waals surface area contributed by atoms with Gasteiger partial charge in [0.05, 0.1) is 33.8 Å². The third kappa shape index (κ3) is 4.63. The molecule has 2 rings (SSSR count). The van der Waals surface area contributed by atoms with Gasteiger partial charge in [-0.25, -0.2) is 5.43 Å². The summed E-state index contributed by atoms with van der Waals surface area (Å²) in [6, 6.07) is 6.73. The van der Waals surface area contributed by atoms with E-state index in [1.807, 2.05) is 13.0 Å². The van der Waals surface area contributed by atoms with Crippen LogP contribution in [0.5, 0.6) is 17.2 Å². The first-order valence-corrected chi connectivity index (χ1v) is 7.44. The molecule has 0 aliphatic carbocycles. The summed E-state index contributed by atoms with van der Waals surface area (Å²) < 4.78 is 20.9. The van der Waals surface area contributed by atoms with Gasteiger partial charge in [0.25, 0.3) is 5.91 Å². The second-order valence-electron chi connectivity index (χ2n) is 5.02. The standard InChI is InChI=1S/C18H20N2O5/c1-12(8-14-6-5-7-25-14)11-19-20-18(21)13-9-15(22-2)17(24-4)16(10-13)23-3/h5-11H,1-4H3,(H,20,21)/b12-8+,19-11?. The molecule has 1 amide bonds. The van der Waals surface area contributed by atoms with E-state index in [-0.39, 0.29) is 0 Å². The molecule has 1 N–H and O–H groups in total. The molecule has 2 aromatic rings. The van der Waals surface area contributed by atoms with E-state index in [4.69, 9.17) is 18.6 Å². The van der Waals surface area contributed by atoms with E-state index >= 15 is 0 Å². The maximum Gasteiger partial charge on any atom is 0.271 e. The number of nitrogens with zero attached hydrogens (tertiary/aromatic N) is 1. The quantitative estimate of drug-likeness (QED) is 0.616. The summed E-state index contributed by atoms with van der Waals surface area (Å²) in [6.07, 6.45) is 4.91. The number of hydrogen-bond acceptors (Lipinski definition) is 6. The smallest absolute Gasteiger partial charge is 0.271 e. The number of allylic oxidation sites excluding steroid dienone is 1. The Morgan fingerprint density at radius 3 is 2.36 bits per heavy atom. The molecule has 0 fully saturated rings. The van der Waals surface area contributed by atoms with Gasteiger partial charge in [0.15, 0.2) is 11.5 Å². The van der Waals surface area contributed by atoms with E-state index < -0.39 is 5.91 Å². The molecule has 0 atom stereocenters. The fraction of sp³-hybridized carbons (Fsp3) is 0.222. The van der Waals surface area contributed by atoms with Gasteiger partial charge in [0, 0.05) is 5.56 Å². The largest absolute Gasteiger partial charge is 0.493 e. The number of methoxy groups -OCH3 is 3. The first kappa shape index (κ1) is 18.1. The van der Waals surface area contributed by atoms with Gasteiger partial charge < -0.3 is 18.6 Å². The van der Waals surface area contributed by atoms with E-state index in [0.717, 1.165) is 5.57 Å².